The molecule has 5 heteroatoms. The Morgan fingerprint density at radius 2 is 1.86 bits per heavy atom. The summed E-state index contributed by atoms with van der Waals surface area (Å²) in [6, 6.07) is 3.99. The van der Waals surface area contributed by atoms with Gasteiger partial charge in [0.25, 0.3) is 0 Å². The third-order valence-corrected chi connectivity index (χ3v) is 4.59. The van der Waals surface area contributed by atoms with E-state index in [1.165, 1.54) is 31.4 Å². The lowest BCUT2D eigenvalue weighted by atomic mass is 9.76. The molecule has 3 rings (SSSR count). The molecule has 0 radical (unpaired) electrons. The summed E-state index contributed by atoms with van der Waals surface area (Å²) >= 11 is 0. The highest BCUT2D eigenvalue weighted by atomic mass is 19.1. The van der Waals surface area contributed by atoms with Gasteiger partial charge in [0.2, 0.25) is 0 Å². The van der Waals surface area contributed by atoms with E-state index in [1.54, 1.807) is 0 Å². The van der Waals surface area contributed by atoms with Crippen molar-refractivity contribution in [3.63, 3.8) is 0 Å². The lowest BCUT2D eigenvalue weighted by molar-refractivity contribution is 0.316. The number of guanidine groups is 1. The van der Waals surface area contributed by atoms with Crippen LogP contribution in [0, 0.1) is 17.6 Å². The molecule has 0 atom stereocenters. The number of nitrogens with one attached hydrogen (secondary N) is 1. The molecule has 2 aliphatic carbocycles. The Kier molecular flexibility index (Phi) is 4.08. The Balaban J connectivity index is 1.46. The van der Waals surface area contributed by atoms with Gasteiger partial charge in [0.05, 0.1) is 0 Å². The molecule has 0 aliphatic heterocycles. The predicted octanol–water partition coefficient (Wildman–Crippen LogP) is 2.92. The van der Waals surface area contributed by atoms with Gasteiger partial charge in [-0.2, -0.15) is 0 Å². The van der Waals surface area contributed by atoms with Crippen LogP contribution in [0.5, 0.6) is 0 Å². The predicted molar refractivity (Wildman–Crippen MR) is 79.1 cm³/mol. The van der Waals surface area contributed by atoms with E-state index in [4.69, 9.17) is 5.73 Å². The van der Waals surface area contributed by atoms with Crippen molar-refractivity contribution in [1.29, 1.82) is 0 Å². The number of rotatable bonds is 4. The Morgan fingerprint density at radius 3 is 2.43 bits per heavy atom. The molecule has 0 amide bonds. The van der Waals surface area contributed by atoms with Crippen LogP contribution in [0.1, 0.15) is 43.6 Å². The minimum absolute atomic E-state index is 0.201. The highest BCUT2D eigenvalue weighted by Gasteiger charge is 2.31. The number of nitrogens with zero attached hydrogens (tertiary/aromatic N) is 1. The van der Waals surface area contributed by atoms with Crippen LogP contribution in [0.25, 0.3) is 0 Å². The van der Waals surface area contributed by atoms with Gasteiger partial charge in [-0.3, -0.25) is 4.99 Å². The Bertz CT molecular complexity index is 514. The van der Waals surface area contributed by atoms with Crippen LogP contribution < -0.4 is 11.1 Å². The molecule has 3 nitrogen and oxygen atoms in total. The van der Waals surface area contributed by atoms with E-state index in [-0.39, 0.29) is 12.0 Å². The molecular weight excluding hydrogens is 272 g/mol. The van der Waals surface area contributed by atoms with Crippen LogP contribution in [0.15, 0.2) is 23.2 Å². The van der Waals surface area contributed by atoms with E-state index in [2.05, 4.69) is 10.3 Å². The van der Waals surface area contributed by atoms with Gasteiger partial charge in [0, 0.05) is 18.7 Å². The van der Waals surface area contributed by atoms with E-state index < -0.39 is 11.6 Å². The quantitative estimate of drug-likeness (QED) is 0.662. The smallest absolute Gasteiger partial charge is 0.188 e. The molecule has 114 valence electrons. The van der Waals surface area contributed by atoms with Crippen molar-refractivity contribution in [2.24, 2.45) is 16.6 Å². The van der Waals surface area contributed by atoms with Crippen molar-refractivity contribution in [3.05, 3.63) is 35.4 Å². The Hall–Kier alpha value is -1.65. The van der Waals surface area contributed by atoms with Crippen molar-refractivity contribution in [1.82, 2.24) is 5.32 Å². The fourth-order valence-corrected chi connectivity index (χ4v) is 2.98. The first-order valence-corrected chi connectivity index (χ1v) is 7.62. The molecule has 0 heterocycles. The van der Waals surface area contributed by atoms with E-state index >= 15 is 0 Å². The second-order valence-electron chi connectivity index (χ2n) is 6.24. The summed E-state index contributed by atoms with van der Waals surface area (Å²) in [5.41, 5.74) is 6.59. The molecule has 2 aliphatic rings. The first kappa shape index (κ1) is 14.3. The van der Waals surface area contributed by atoms with Gasteiger partial charge in [-0.1, -0.05) is 6.42 Å². The molecule has 0 spiro atoms. The summed E-state index contributed by atoms with van der Waals surface area (Å²) in [6.07, 6.45) is 5.49. The fourth-order valence-electron chi connectivity index (χ4n) is 2.98. The van der Waals surface area contributed by atoms with Crippen molar-refractivity contribution < 1.29 is 8.78 Å². The first-order valence-electron chi connectivity index (χ1n) is 7.62. The topological polar surface area (TPSA) is 50.4 Å². The Morgan fingerprint density at radius 1 is 1.19 bits per heavy atom. The van der Waals surface area contributed by atoms with Crippen LogP contribution in [-0.4, -0.2) is 18.5 Å². The summed E-state index contributed by atoms with van der Waals surface area (Å²) in [7, 11) is 0. The van der Waals surface area contributed by atoms with Crippen molar-refractivity contribution in [3.8, 4) is 0 Å². The molecule has 0 bridgehead atoms. The van der Waals surface area contributed by atoms with E-state index in [0.29, 0.717) is 11.9 Å². The Labute approximate surface area is 123 Å². The van der Waals surface area contributed by atoms with Gasteiger partial charge < -0.3 is 11.1 Å². The standard InChI is InChI=1S/C16H21F2N3/c17-13-4-11(5-14(18)8-13)12-6-15(7-12)21-16(19)20-9-10-2-1-3-10/h4-5,8,10,12,15H,1-3,6-7,9H2,(H3,19,20,21). The van der Waals surface area contributed by atoms with Gasteiger partial charge in [-0.05, 0) is 55.2 Å². The van der Waals surface area contributed by atoms with Crippen LogP contribution >= 0.6 is 0 Å². The van der Waals surface area contributed by atoms with Gasteiger partial charge in [0.15, 0.2) is 5.96 Å². The van der Waals surface area contributed by atoms with E-state index in [9.17, 15) is 8.78 Å². The molecular formula is C16H21F2N3. The summed E-state index contributed by atoms with van der Waals surface area (Å²) in [5.74, 6) is 0.378. The zero-order valence-corrected chi connectivity index (χ0v) is 12.0. The lowest BCUT2D eigenvalue weighted by Crippen LogP contribution is -2.46. The normalized spacial score (nSPS) is 26.1. The molecule has 0 aromatic heterocycles. The monoisotopic (exact) mass is 293 g/mol. The van der Waals surface area contributed by atoms with Crippen LogP contribution in [0.3, 0.4) is 0 Å². The van der Waals surface area contributed by atoms with E-state index in [0.717, 1.165) is 31.0 Å². The lowest BCUT2D eigenvalue weighted by Gasteiger charge is -2.36. The highest BCUT2D eigenvalue weighted by molar-refractivity contribution is 5.78. The number of nitrogens with two attached hydrogens (primary N) is 1. The molecule has 2 fully saturated rings. The maximum atomic E-state index is 13.2. The highest BCUT2D eigenvalue weighted by Crippen LogP contribution is 2.37. The third kappa shape index (κ3) is 3.52. The van der Waals surface area contributed by atoms with Gasteiger partial charge in [-0.25, -0.2) is 8.78 Å². The molecule has 1 aromatic carbocycles. The molecule has 3 N–H and O–H groups in total. The van der Waals surface area contributed by atoms with Gasteiger partial charge in [0.1, 0.15) is 11.6 Å². The summed E-state index contributed by atoms with van der Waals surface area (Å²) < 4.78 is 26.4. The van der Waals surface area contributed by atoms with Crippen molar-refractivity contribution in [2.45, 2.75) is 44.1 Å². The minimum atomic E-state index is -0.511. The minimum Gasteiger partial charge on any atom is -0.370 e. The second-order valence-corrected chi connectivity index (χ2v) is 6.24. The summed E-state index contributed by atoms with van der Waals surface area (Å²) in [5, 5.41) is 3.19. The average molecular weight is 293 g/mol. The largest absolute Gasteiger partial charge is 0.370 e. The zero-order valence-electron chi connectivity index (χ0n) is 12.0. The number of halogens is 2. The number of aliphatic imine (C=N–C) groups is 1. The van der Waals surface area contributed by atoms with E-state index in [1.807, 2.05) is 0 Å². The van der Waals surface area contributed by atoms with Gasteiger partial charge in [-0.15, -0.1) is 0 Å². The van der Waals surface area contributed by atoms with Crippen LogP contribution in [0.4, 0.5) is 8.78 Å². The van der Waals surface area contributed by atoms with Crippen molar-refractivity contribution in [2.75, 3.05) is 6.54 Å². The van der Waals surface area contributed by atoms with Crippen molar-refractivity contribution >= 4 is 5.96 Å². The average Bonchev–Trinajstić information content (AvgIpc) is 2.29. The maximum absolute atomic E-state index is 13.2. The SMILES string of the molecule is NC(=NCC1CCC1)NC1CC(c2cc(F)cc(F)c2)C1. The maximum Gasteiger partial charge on any atom is 0.188 e. The molecule has 0 unspecified atom stereocenters. The second kappa shape index (κ2) is 6.00. The zero-order chi connectivity index (χ0) is 14.8. The molecule has 21 heavy (non-hydrogen) atoms. The number of hydrogen-bond donors (Lipinski definition) is 2. The molecule has 2 saturated carbocycles. The first-order chi connectivity index (χ1) is 10.1. The summed E-state index contributed by atoms with van der Waals surface area (Å²) in [4.78, 5) is 4.36. The number of benzene rings is 1. The fraction of sp³-hybridized carbons (Fsp3) is 0.562. The molecule has 0 saturated heterocycles. The van der Waals surface area contributed by atoms with Crippen LogP contribution in [-0.2, 0) is 0 Å². The van der Waals surface area contributed by atoms with Gasteiger partial charge >= 0.3 is 0 Å². The number of hydrogen-bond acceptors (Lipinski definition) is 1. The van der Waals surface area contributed by atoms with Crippen LogP contribution in [0.2, 0.25) is 0 Å². The third-order valence-electron chi connectivity index (χ3n) is 4.59. The summed E-state index contributed by atoms with van der Waals surface area (Å²) in [6.45, 7) is 0.810. The molecule has 1 aromatic rings.